The van der Waals surface area contributed by atoms with Crippen LogP contribution in [-0.4, -0.2) is 35.8 Å². The Morgan fingerprint density at radius 3 is 2.56 bits per heavy atom. The largest absolute Gasteiger partial charge is 0.465 e. The number of aromatic nitrogens is 2. The highest BCUT2D eigenvalue weighted by Crippen LogP contribution is 2.21. The third kappa shape index (κ3) is 1.97. The quantitative estimate of drug-likeness (QED) is 0.789. The number of rotatable bonds is 2. The van der Waals surface area contributed by atoms with Gasteiger partial charge in [0.05, 0.1) is 19.7 Å². The van der Waals surface area contributed by atoms with Crippen LogP contribution < -0.4 is 0 Å². The second kappa shape index (κ2) is 4.77. The molecule has 0 aromatic carbocycles. The lowest BCUT2D eigenvalue weighted by Gasteiger charge is -1.99. The van der Waals surface area contributed by atoms with Crippen LogP contribution in [0.2, 0.25) is 0 Å². The molecule has 2 heterocycles. The molecule has 18 heavy (non-hydrogen) atoms. The molecule has 2 aromatic heterocycles. The molecule has 94 valence electrons. The second-order valence-electron chi connectivity index (χ2n) is 3.38. The number of methoxy groups -OCH3 is 2. The first-order valence-corrected chi connectivity index (χ1v) is 5.72. The standard InChI is InChI=1S/C11H9BrN2O4/c1-17-10(15)8-7-5-6(12)3-4-14(7)13-9(8)11(16)18-2/h3-5H,1-2H3. The molecule has 0 saturated heterocycles. The number of pyridine rings is 1. The summed E-state index contributed by atoms with van der Waals surface area (Å²) in [7, 11) is 2.47. The Labute approximate surface area is 111 Å². The maximum absolute atomic E-state index is 11.7. The second-order valence-corrected chi connectivity index (χ2v) is 4.30. The maximum atomic E-state index is 11.7. The van der Waals surface area contributed by atoms with Gasteiger partial charge in [-0.25, -0.2) is 14.1 Å². The third-order valence-electron chi connectivity index (χ3n) is 2.37. The first-order chi connectivity index (χ1) is 8.58. The summed E-state index contributed by atoms with van der Waals surface area (Å²) in [6.07, 6.45) is 1.62. The number of esters is 2. The number of fused-ring (bicyclic) bond motifs is 1. The molecule has 0 N–H and O–H groups in total. The van der Waals surface area contributed by atoms with Crippen molar-refractivity contribution in [2.24, 2.45) is 0 Å². The van der Waals surface area contributed by atoms with Crippen LogP contribution in [0.4, 0.5) is 0 Å². The van der Waals surface area contributed by atoms with Crippen LogP contribution in [0.25, 0.3) is 5.52 Å². The summed E-state index contributed by atoms with van der Waals surface area (Å²) in [5.74, 6) is -1.32. The Morgan fingerprint density at radius 1 is 1.28 bits per heavy atom. The van der Waals surface area contributed by atoms with E-state index in [4.69, 9.17) is 0 Å². The molecule has 0 atom stereocenters. The van der Waals surface area contributed by atoms with Gasteiger partial charge in [-0.2, -0.15) is 5.10 Å². The average Bonchev–Trinajstić information content (AvgIpc) is 2.75. The summed E-state index contributed by atoms with van der Waals surface area (Å²) >= 11 is 3.29. The van der Waals surface area contributed by atoms with Crippen molar-refractivity contribution in [3.8, 4) is 0 Å². The zero-order valence-electron chi connectivity index (χ0n) is 9.64. The summed E-state index contributed by atoms with van der Waals surface area (Å²) in [5, 5.41) is 4.01. The van der Waals surface area contributed by atoms with E-state index in [0.717, 1.165) is 4.47 Å². The molecule has 7 heteroatoms. The van der Waals surface area contributed by atoms with E-state index < -0.39 is 11.9 Å². The molecule has 0 aliphatic carbocycles. The first-order valence-electron chi connectivity index (χ1n) is 4.93. The van der Waals surface area contributed by atoms with Crippen LogP contribution in [0.1, 0.15) is 20.8 Å². The smallest absolute Gasteiger partial charge is 0.359 e. The molecule has 0 aliphatic rings. The van der Waals surface area contributed by atoms with Crippen molar-refractivity contribution in [2.75, 3.05) is 14.2 Å². The van der Waals surface area contributed by atoms with E-state index in [1.54, 1.807) is 18.3 Å². The number of nitrogens with zero attached hydrogens (tertiary/aromatic N) is 2. The fourth-order valence-corrected chi connectivity index (χ4v) is 1.90. The van der Waals surface area contributed by atoms with E-state index in [2.05, 4.69) is 30.5 Å². The monoisotopic (exact) mass is 312 g/mol. The third-order valence-corrected chi connectivity index (χ3v) is 2.86. The van der Waals surface area contributed by atoms with Crippen LogP contribution >= 0.6 is 15.9 Å². The summed E-state index contributed by atoms with van der Waals surface area (Å²) in [6.45, 7) is 0. The highest BCUT2D eigenvalue weighted by Gasteiger charge is 2.26. The lowest BCUT2D eigenvalue weighted by Crippen LogP contribution is -2.10. The SMILES string of the molecule is COC(=O)c1nn2ccc(Br)cc2c1C(=O)OC. The minimum Gasteiger partial charge on any atom is -0.465 e. The van der Waals surface area contributed by atoms with Crippen molar-refractivity contribution in [1.82, 2.24) is 9.61 Å². The Kier molecular flexibility index (Phi) is 3.33. The van der Waals surface area contributed by atoms with Crippen molar-refractivity contribution in [2.45, 2.75) is 0 Å². The van der Waals surface area contributed by atoms with Crippen molar-refractivity contribution in [3.05, 3.63) is 34.1 Å². The molecule has 0 radical (unpaired) electrons. The van der Waals surface area contributed by atoms with E-state index in [9.17, 15) is 9.59 Å². The molecule has 2 rings (SSSR count). The minimum absolute atomic E-state index is 0.0672. The fraction of sp³-hybridized carbons (Fsp3) is 0.182. The zero-order valence-corrected chi connectivity index (χ0v) is 11.2. The van der Waals surface area contributed by atoms with Gasteiger partial charge in [0.15, 0.2) is 5.69 Å². The lowest BCUT2D eigenvalue weighted by atomic mass is 10.2. The number of hydrogen-bond donors (Lipinski definition) is 0. The maximum Gasteiger partial charge on any atom is 0.359 e. The molecule has 0 aliphatic heterocycles. The minimum atomic E-state index is -0.685. The molecule has 2 aromatic rings. The van der Waals surface area contributed by atoms with E-state index in [0.29, 0.717) is 5.52 Å². The molecule has 0 fully saturated rings. The summed E-state index contributed by atoms with van der Waals surface area (Å²) in [5.41, 5.74) is 0.490. The van der Waals surface area contributed by atoms with Gasteiger partial charge >= 0.3 is 11.9 Å². The number of hydrogen-bond acceptors (Lipinski definition) is 5. The van der Waals surface area contributed by atoms with Gasteiger partial charge in [0.2, 0.25) is 0 Å². The molecule has 0 spiro atoms. The van der Waals surface area contributed by atoms with Gasteiger partial charge in [-0.3, -0.25) is 0 Å². The van der Waals surface area contributed by atoms with Crippen LogP contribution in [0.15, 0.2) is 22.8 Å². The van der Waals surface area contributed by atoms with Crippen LogP contribution in [0.3, 0.4) is 0 Å². The summed E-state index contributed by atoms with van der Waals surface area (Å²) in [6, 6.07) is 3.41. The molecule has 6 nitrogen and oxygen atoms in total. The molecule has 0 amide bonds. The Bertz CT molecular complexity index is 635. The van der Waals surface area contributed by atoms with E-state index in [1.807, 2.05) is 0 Å². The van der Waals surface area contributed by atoms with Gasteiger partial charge in [0.25, 0.3) is 0 Å². The fourth-order valence-electron chi connectivity index (χ4n) is 1.56. The lowest BCUT2D eigenvalue weighted by molar-refractivity contribution is 0.0553. The summed E-state index contributed by atoms with van der Waals surface area (Å²) < 4.78 is 11.4. The number of carbonyl (C=O) groups excluding carboxylic acids is 2. The normalized spacial score (nSPS) is 10.4. The van der Waals surface area contributed by atoms with Gasteiger partial charge in [0.1, 0.15) is 5.56 Å². The average molecular weight is 313 g/mol. The van der Waals surface area contributed by atoms with Gasteiger partial charge in [0, 0.05) is 10.7 Å². The molecular formula is C11H9BrN2O4. The molecule has 0 saturated carbocycles. The highest BCUT2D eigenvalue weighted by molar-refractivity contribution is 9.10. The van der Waals surface area contributed by atoms with Crippen molar-refractivity contribution in [1.29, 1.82) is 0 Å². The Morgan fingerprint density at radius 2 is 1.94 bits per heavy atom. The summed E-state index contributed by atoms with van der Waals surface area (Å²) in [4.78, 5) is 23.3. The van der Waals surface area contributed by atoms with Gasteiger partial charge in [-0.1, -0.05) is 15.9 Å². The zero-order chi connectivity index (χ0) is 13.3. The predicted octanol–water partition coefficient (Wildman–Crippen LogP) is 1.67. The number of carbonyl (C=O) groups is 2. The number of halogens is 1. The Balaban J connectivity index is 2.77. The first kappa shape index (κ1) is 12.6. The van der Waals surface area contributed by atoms with Crippen LogP contribution in [0, 0.1) is 0 Å². The van der Waals surface area contributed by atoms with Crippen molar-refractivity contribution < 1.29 is 19.1 Å². The molecule has 0 bridgehead atoms. The van der Waals surface area contributed by atoms with E-state index in [-0.39, 0.29) is 11.3 Å². The number of ether oxygens (including phenoxy) is 2. The van der Waals surface area contributed by atoms with Gasteiger partial charge < -0.3 is 9.47 Å². The molecule has 0 unspecified atom stereocenters. The van der Waals surface area contributed by atoms with Gasteiger partial charge in [-0.15, -0.1) is 0 Å². The highest BCUT2D eigenvalue weighted by atomic mass is 79.9. The van der Waals surface area contributed by atoms with Gasteiger partial charge in [-0.05, 0) is 12.1 Å². The van der Waals surface area contributed by atoms with Crippen LogP contribution in [-0.2, 0) is 9.47 Å². The Hall–Kier alpha value is -1.89. The van der Waals surface area contributed by atoms with Crippen LogP contribution in [0.5, 0.6) is 0 Å². The van der Waals surface area contributed by atoms with Crippen molar-refractivity contribution in [3.63, 3.8) is 0 Å². The van der Waals surface area contributed by atoms with E-state index >= 15 is 0 Å². The van der Waals surface area contributed by atoms with Crippen molar-refractivity contribution >= 4 is 33.4 Å². The topological polar surface area (TPSA) is 69.9 Å². The van der Waals surface area contributed by atoms with E-state index in [1.165, 1.54) is 18.7 Å². The molecular weight excluding hydrogens is 304 g/mol. The predicted molar refractivity (Wildman–Crippen MR) is 65.6 cm³/mol.